The van der Waals surface area contributed by atoms with Gasteiger partial charge >= 0.3 is 0 Å². The molecule has 5 heteroatoms. The number of rotatable bonds is 2. The monoisotopic (exact) mass is 315 g/mol. The zero-order valence-corrected chi connectivity index (χ0v) is 14.6. The van der Waals surface area contributed by atoms with Gasteiger partial charge in [0.2, 0.25) is 0 Å². The lowest BCUT2D eigenvalue weighted by Crippen LogP contribution is -2.32. The van der Waals surface area contributed by atoms with Crippen molar-refractivity contribution >= 4 is 5.91 Å². The molecule has 1 aliphatic rings. The summed E-state index contributed by atoms with van der Waals surface area (Å²) in [6, 6.07) is 1.82. The van der Waals surface area contributed by atoms with E-state index in [1.807, 2.05) is 20.0 Å². The summed E-state index contributed by atoms with van der Waals surface area (Å²) in [5.74, 6) is 1.36. The van der Waals surface area contributed by atoms with Crippen molar-refractivity contribution in [2.75, 3.05) is 0 Å². The maximum Gasteiger partial charge on any atom is 0.255 e. The molecule has 0 bridgehead atoms. The second-order valence-electron chi connectivity index (χ2n) is 7.37. The summed E-state index contributed by atoms with van der Waals surface area (Å²) in [4.78, 5) is 12.6. The van der Waals surface area contributed by atoms with Crippen LogP contribution in [0.25, 0.3) is 0 Å². The van der Waals surface area contributed by atoms with Crippen LogP contribution in [0.1, 0.15) is 72.8 Å². The van der Waals surface area contributed by atoms with Crippen molar-refractivity contribution in [3.63, 3.8) is 0 Å². The zero-order valence-electron chi connectivity index (χ0n) is 14.6. The summed E-state index contributed by atoms with van der Waals surface area (Å²) in [6.45, 7) is 10.1. The first-order chi connectivity index (χ1) is 10.8. The van der Waals surface area contributed by atoms with Gasteiger partial charge in [0, 0.05) is 11.3 Å². The Labute approximate surface area is 137 Å². The Morgan fingerprint density at radius 3 is 2.74 bits per heavy atom. The molecule has 0 saturated carbocycles. The molecule has 2 aromatic heterocycles. The van der Waals surface area contributed by atoms with Crippen LogP contribution in [0.15, 0.2) is 16.7 Å². The van der Waals surface area contributed by atoms with Crippen LogP contribution in [0.3, 0.4) is 0 Å². The standard InChI is InChI=1S/C18H25N3O2/c1-11-9-13(12(2)23-11)17(22)20-15-7-6-8-16-14(15)10-19-21(16)18(3,4)5/h9-10,15H,6-8H2,1-5H3,(H,20,22). The van der Waals surface area contributed by atoms with Crippen LogP contribution >= 0.6 is 0 Å². The van der Waals surface area contributed by atoms with Gasteiger partial charge in [-0.05, 0) is 59.9 Å². The number of carbonyl (C=O) groups is 1. The van der Waals surface area contributed by atoms with Crippen LogP contribution < -0.4 is 5.32 Å². The van der Waals surface area contributed by atoms with E-state index in [1.54, 1.807) is 6.07 Å². The second-order valence-corrected chi connectivity index (χ2v) is 7.37. The Kier molecular flexibility index (Phi) is 3.82. The normalized spacial score (nSPS) is 17.9. The molecule has 5 nitrogen and oxygen atoms in total. The number of hydrogen-bond donors (Lipinski definition) is 1. The van der Waals surface area contributed by atoms with Crippen LogP contribution in [0, 0.1) is 13.8 Å². The third kappa shape index (κ3) is 2.92. The number of aromatic nitrogens is 2. The smallest absolute Gasteiger partial charge is 0.255 e. The molecule has 23 heavy (non-hydrogen) atoms. The third-order valence-corrected chi connectivity index (χ3v) is 4.41. The summed E-state index contributed by atoms with van der Waals surface area (Å²) in [7, 11) is 0. The van der Waals surface area contributed by atoms with Crippen molar-refractivity contribution in [2.24, 2.45) is 0 Å². The molecule has 0 fully saturated rings. The molecule has 0 aliphatic heterocycles. The van der Waals surface area contributed by atoms with E-state index < -0.39 is 0 Å². The first-order valence-electron chi connectivity index (χ1n) is 8.22. The maximum atomic E-state index is 12.6. The topological polar surface area (TPSA) is 60.1 Å². The fraction of sp³-hybridized carbons (Fsp3) is 0.556. The first kappa shape index (κ1) is 15.8. The Balaban J connectivity index is 1.85. The predicted molar refractivity (Wildman–Crippen MR) is 88.6 cm³/mol. The van der Waals surface area contributed by atoms with Crippen molar-refractivity contribution in [3.05, 3.63) is 40.6 Å². The van der Waals surface area contributed by atoms with Gasteiger partial charge in [-0.25, -0.2) is 0 Å². The highest BCUT2D eigenvalue weighted by Crippen LogP contribution is 2.32. The van der Waals surface area contributed by atoms with Crippen LogP contribution in [0.2, 0.25) is 0 Å². The lowest BCUT2D eigenvalue weighted by molar-refractivity contribution is 0.0931. The number of furan rings is 1. The van der Waals surface area contributed by atoms with Crippen molar-refractivity contribution in [2.45, 2.75) is 65.5 Å². The molecule has 3 rings (SSSR count). The van der Waals surface area contributed by atoms with Crippen molar-refractivity contribution < 1.29 is 9.21 Å². The Bertz CT molecular complexity index is 734. The van der Waals surface area contributed by atoms with Gasteiger partial charge in [0.05, 0.1) is 23.3 Å². The minimum Gasteiger partial charge on any atom is -0.466 e. The second kappa shape index (κ2) is 5.55. The third-order valence-electron chi connectivity index (χ3n) is 4.41. The van der Waals surface area contributed by atoms with E-state index in [0.29, 0.717) is 11.3 Å². The number of hydrogen-bond acceptors (Lipinski definition) is 3. The van der Waals surface area contributed by atoms with Crippen LogP contribution in [-0.4, -0.2) is 15.7 Å². The van der Waals surface area contributed by atoms with Gasteiger partial charge in [0.1, 0.15) is 11.5 Å². The van der Waals surface area contributed by atoms with E-state index in [2.05, 4.69) is 35.9 Å². The Morgan fingerprint density at radius 1 is 1.39 bits per heavy atom. The molecule has 0 radical (unpaired) electrons. The van der Waals surface area contributed by atoms with Gasteiger partial charge in [-0.15, -0.1) is 0 Å². The molecular formula is C18H25N3O2. The minimum absolute atomic E-state index is 0.0250. The Morgan fingerprint density at radius 2 is 2.13 bits per heavy atom. The molecule has 0 aromatic carbocycles. The van der Waals surface area contributed by atoms with Crippen LogP contribution in [0.4, 0.5) is 0 Å². The largest absolute Gasteiger partial charge is 0.466 e. The summed E-state index contributed by atoms with van der Waals surface area (Å²) in [5.41, 5.74) is 2.97. The molecule has 2 heterocycles. The van der Waals surface area contributed by atoms with E-state index in [1.165, 1.54) is 5.69 Å². The van der Waals surface area contributed by atoms with Crippen molar-refractivity contribution in [1.29, 1.82) is 0 Å². The highest BCUT2D eigenvalue weighted by atomic mass is 16.3. The molecule has 1 N–H and O–H groups in total. The lowest BCUT2D eigenvalue weighted by Gasteiger charge is -2.28. The van der Waals surface area contributed by atoms with Crippen molar-refractivity contribution in [1.82, 2.24) is 15.1 Å². The number of nitrogens with one attached hydrogen (secondary N) is 1. The number of carbonyl (C=O) groups excluding carboxylic acids is 1. The van der Waals surface area contributed by atoms with Gasteiger partial charge in [-0.1, -0.05) is 0 Å². The molecule has 1 unspecified atom stereocenters. The van der Waals surface area contributed by atoms with Crippen molar-refractivity contribution in [3.8, 4) is 0 Å². The summed E-state index contributed by atoms with van der Waals surface area (Å²) in [6.07, 6.45) is 4.94. The van der Waals surface area contributed by atoms with E-state index in [-0.39, 0.29) is 17.5 Å². The zero-order chi connectivity index (χ0) is 16.8. The number of nitrogens with zero attached hydrogens (tertiary/aromatic N) is 2. The highest BCUT2D eigenvalue weighted by molar-refractivity contribution is 5.95. The summed E-state index contributed by atoms with van der Waals surface area (Å²) in [5, 5.41) is 7.73. The predicted octanol–water partition coefficient (Wildman–Crippen LogP) is 3.66. The molecule has 0 saturated heterocycles. The molecule has 1 aliphatic carbocycles. The molecule has 0 spiro atoms. The van der Waals surface area contributed by atoms with E-state index in [9.17, 15) is 4.79 Å². The molecular weight excluding hydrogens is 290 g/mol. The highest BCUT2D eigenvalue weighted by Gasteiger charge is 2.29. The summed E-state index contributed by atoms with van der Waals surface area (Å²) >= 11 is 0. The van der Waals surface area contributed by atoms with Gasteiger partial charge < -0.3 is 9.73 Å². The first-order valence-corrected chi connectivity index (χ1v) is 8.22. The van der Waals surface area contributed by atoms with Crippen LogP contribution in [0.5, 0.6) is 0 Å². The average Bonchev–Trinajstić information content (AvgIpc) is 3.02. The quantitative estimate of drug-likeness (QED) is 0.920. The maximum absolute atomic E-state index is 12.6. The number of fused-ring (bicyclic) bond motifs is 1. The number of aryl methyl sites for hydroxylation is 2. The lowest BCUT2D eigenvalue weighted by atomic mass is 9.92. The summed E-state index contributed by atoms with van der Waals surface area (Å²) < 4.78 is 7.56. The molecule has 1 atom stereocenters. The fourth-order valence-corrected chi connectivity index (χ4v) is 3.38. The SMILES string of the molecule is Cc1cc(C(=O)NC2CCCc3c2cnn3C(C)(C)C)c(C)o1. The van der Waals surface area contributed by atoms with Gasteiger partial charge in [0.25, 0.3) is 5.91 Å². The molecule has 124 valence electrons. The van der Waals surface area contributed by atoms with E-state index >= 15 is 0 Å². The van der Waals surface area contributed by atoms with E-state index in [0.717, 1.165) is 30.6 Å². The van der Waals surface area contributed by atoms with Gasteiger partial charge in [-0.3, -0.25) is 9.48 Å². The van der Waals surface area contributed by atoms with Gasteiger partial charge in [0.15, 0.2) is 0 Å². The fourth-order valence-electron chi connectivity index (χ4n) is 3.38. The molecule has 2 aromatic rings. The number of amides is 1. The minimum atomic E-state index is -0.0688. The van der Waals surface area contributed by atoms with Crippen LogP contribution in [-0.2, 0) is 12.0 Å². The van der Waals surface area contributed by atoms with Gasteiger partial charge in [-0.2, -0.15) is 5.10 Å². The average molecular weight is 315 g/mol. The van der Waals surface area contributed by atoms with E-state index in [4.69, 9.17) is 4.42 Å². The molecule has 1 amide bonds. The Hall–Kier alpha value is -2.04.